The molecule has 0 bridgehead atoms. The zero-order valence-corrected chi connectivity index (χ0v) is 16.6. The molecule has 1 N–H and O–H groups in total. The highest BCUT2D eigenvalue weighted by Crippen LogP contribution is 2.33. The van der Waals surface area contributed by atoms with Gasteiger partial charge in [0.05, 0.1) is 18.2 Å². The number of benzene rings is 3. The number of ether oxygens (including phenoxy) is 1. The molecule has 3 aromatic rings. The Balaban J connectivity index is 2.05. The Morgan fingerprint density at radius 3 is 1.77 bits per heavy atom. The van der Waals surface area contributed by atoms with E-state index in [4.69, 9.17) is 4.74 Å². The summed E-state index contributed by atoms with van der Waals surface area (Å²) >= 11 is 0. The predicted octanol–water partition coefficient (Wildman–Crippen LogP) is 4.81. The van der Waals surface area contributed by atoms with Crippen LogP contribution in [0.1, 0.15) is 33.0 Å². The van der Waals surface area contributed by atoms with Crippen molar-refractivity contribution in [3.63, 3.8) is 0 Å². The van der Waals surface area contributed by atoms with E-state index in [2.05, 4.69) is 5.32 Å². The van der Waals surface area contributed by atoms with Gasteiger partial charge in [0.25, 0.3) is 5.91 Å². The van der Waals surface area contributed by atoms with Gasteiger partial charge >= 0.3 is 12.1 Å². The minimum atomic E-state index is -4.72. The molecule has 0 aromatic heterocycles. The predicted molar refractivity (Wildman–Crippen MR) is 109 cm³/mol. The first-order valence-electron chi connectivity index (χ1n) is 9.47. The minimum Gasteiger partial charge on any atom is -0.467 e. The van der Waals surface area contributed by atoms with Crippen LogP contribution in [0, 0.1) is 0 Å². The van der Waals surface area contributed by atoms with Gasteiger partial charge in [0.15, 0.2) is 0 Å². The number of amides is 1. The molecule has 1 amide bonds. The molecule has 7 heteroatoms. The van der Waals surface area contributed by atoms with Crippen molar-refractivity contribution in [2.45, 2.75) is 18.1 Å². The highest BCUT2D eigenvalue weighted by molar-refractivity contribution is 5.98. The smallest absolute Gasteiger partial charge is 0.417 e. The number of esters is 1. The second kappa shape index (κ2) is 9.47. The molecule has 0 aliphatic carbocycles. The van der Waals surface area contributed by atoms with Crippen molar-refractivity contribution in [2.24, 2.45) is 0 Å². The topological polar surface area (TPSA) is 55.4 Å². The Morgan fingerprint density at radius 2 is 1.29 bits per heavy atom. The normalized spacial score (nSPS) is 12.3. The van der Waals surface area contributed by atoms with Gasteiger partial charge in [-0.1, -0.05) is 72.8 Å². The van der Waals surface area contributed by atoms with E-state index in [9.17, 15) is 22.8 Å². The van der Waals surface area contributed by atoms with Crippen molar-refractivity contribution in [3.05, 3.63) is 107 Å². The van der Waals surface area contributed by atoms with Crippen molar-refractivity contribution >= 4 is 11.9 Å². The van der Waals surface area contributed by atoms with Crippen molar-refractivity contribution in [1.29, 1.82) is 0 Å². The zero-order valence-electron chi connectivity index (χ0n) is 16.6. The molecular weight excluding hydrogens is 407 g/mol. The van der Waals surface area contributed by atoms with E-state index >= 15 is 0 Å². The Morgan fingerprint density at radius 1 is 0.806 bits per heavy atom. The number of nitrogens with one attached hydrogen (secondary N) is 1. The number of methoxy groups -OCH3 is 1. The second-order valence-electron chi connectivity index (χ2n) is 6.82. The van der Waals surface area contributed by atoms with E-state index in [-0.39, 0.29) is 0 Å². The van der Waals surface area contributed by atoms with Gasteiger partial charge in [-0.25, -0.2) is 4.79 Å². The number of hydrogen-bond donors (Lipinski definition) is 1. The maximum Gasteiger partial charge on any atom is 0.417 e. The van der Waals surface area contributed by atoms with E-state index in [1.165, 1.54) is 12.1 Å². The molecule has 0 unspecified atom stereocenters. The van der Waals surface area contributed by atoms with Crippen molar-refractivity contribution in [2.75, 3.05) is 7.11 Å². The van der Waals surface area contributed by atoms with Crippen LogP contribution in [0.15, 0.2) is 84.9 Å². The van der Waals surface area contributed by atoms with Gasteiger partial charge in [-0.15, -0.1) is 0 Å². The van der Waals surface area contributed by atoms with Crippen LogP contribution in [0.4, 0.5) is 13.2 Å². The van der Waals surface area contributed by atoms with Crippen LogP contribution in [-0.4, -0.2) is 25.0 Å². The summed E-state index contributed by atoms with van der Waals surface area (Å²) in [7, 11) is 1.16. The third-order valence-electron chi connectivity index (χ3n) is 4.87. The summed E-state index contributed by atoms with van der Waals surface area (Å²) in [5, 5.41) is 2.48. The fourth-order valence-corrected chi connectivity index (χ4v) is 3.45. The third-order valence-corrected chi connectivity index (χ3v) is 4.87. The van der Waals surface area contributed by atoms with E-state index in [0.29, 0.717) is 11.1 Å². The molecule has 0 saturated heterocycles. The molecule has 0 fully saturated rings. The molecule has 0 aliphatic rings. The first-order chi connectivity index (χ1) is 14.8. The van der Waals surface area contributed by atoms with E-state index < -0.39 is 41.1 Å². The second-order valence-corrected chi connectivity index (χ2v) is 6.82. The van der Waals surface area contributed by atoms with Crippen LogP contribution in [-0.2, 0) is 15.7 Å². The molecule has 0 saturated carbocycles. The molecule has 0 aliphatic heterocycles. The molecule has 3 rings (SSSR count). The summed E-state index contributed by atoms with van der Waals surface area (Å²) in [6, 6.07) is 21.0. The first-order valence-corrected chi connectivity index (χ1v) is 9.47. The Kier molecular flexibility index (Phi) is 6.74. The van der Waals surface area contributed by atoms with Crippen LogP contribution in [0.25, 0.3) is 0 Å². The number of rotatable bonds is 6. The average molecular weight is 427 g/mol. The molecule has 4 nitrogen and oxygen atoms in total. The number of alkyl halides is 3. The van der Waals surface area contributed by atoms with Crippen molar-refractivity contribution in [3.8, 4) is 0 Å². The van der Waals surface area contributed by atoms with Gasteiger partial charge in [0.1, 0.15) is 6.04 Å². The number of hydrogen-bond acceptors (Lipinski definition) is 3. The summed E-state index contributed by atoms with van der Waals surface area (Å²) in [5.41, 5.74) is -0.238. The standard InChI is InChI=1S/C24H20F3NO3/c1-31-23(30)21(28-22(29)18-14-8-9-15-19(18)24(25,26)27)20(16-10-4-2-5-11-16)17-12-6-3-7-13-17/h2-15,20-21H,1H3,(H,28,29)/t21-/m0/s1. The summed E-state index contributed by atoms with van der Waals surface area (Å²) in [4.78, 5) is 25.6. The Labute approximate surface area is 177 Å². The van der Waals surface area contributed by atoms with Crippen LogP contribution < -0.4 is 5.32 Å². The van der Waals surface area contributed by atoms with Crippen LogP contribution in [0.3, 0.4) is 0 Å². The van der Waals surface area contributed by atoms with Crippen LogP contribution in [0.5, 0.6) is 0 Å². The molecule has 160 valence electrons. The lowest BCUT2D eigenvalue weighted by Gasteiger charge is -2.27. The lowest BCUT2D eigenvalue weighted by molar-refractivity contribution is -0.143. The van der Waals surface area contributed by atoms with Gasteiger partial charge in [0.2, 0.25) is 0 Å². The van der Waals surface area contributed by atoms with Crippen molar-refractivity contribution < 1.29 is 27.5 Å². The van der Waals surface area contributed by atoms with Gasteiger partial charge in [-0.3, -0.25) is 4.79 Å². The molecule has 31 heavy (non-hydrogen) atoms. The quantitative estimate of drug-likeness (QED) is 0.575. The third kappa shape index (κ3) is 5.12. The Hall–Kier alpha value is -3.61. The molecular formula is C24H20F3NO3. The summed E-state index contributed by atoms with van der Waals surface area (Å²) in [6.07, 6.45) is -4.72. The molecule has 1 atom stereocenters. The highest BCUT2D eigenvalue weighted by Gasteiger charge is 2.38. The van der Waals surface area contributed by atoms with Gasteiger partial charge in [-0.2, -0.15) is 13.2 Å². The molecule has 3 aromatic carbocycles. The Bertz CT molecular complexity index is 997. The number of carbonyl (C=O) groups excluding carboxylic acids is 2. The van der Waals surface area contributed by atoms with E-state index in [0.717, 1.165) is 19.2 Å². The zero-order chi connectivity index (χ0) is 22.4. The first kappa shape index (κ1) is 22.1. The van der Waals surface area contributed by atoms with Crippen molar-refractivity contribution in [1.82, 2.24) is 5.32 Å². The maximum absolute atomic E-state index is 13.4. The van der Waals surface area contributed by atoms with Crippen LogP contribution >= 0.6 is 0 Å². The van der Waals surface area contributed by atoms with E-state index in [1.807, 2.05) is 0 Å². The monoisotopic (exact) mass is 427 g/mol. The molecule has 0 heterocycles. The summed E-state index contributed by atoms with van der Waals surface area (Å²) in [5.74, 6) is -2.45. The fourth-order valence-electron chi connectivity index (χ4n) is 3.45. The molecule has 0 radical (unpaired) electrons. The lowest BCUT2D eigenvalue weighted by atomic mass is 9.84. The lowest BCUT2D eigenvalue weighted by Crippen LogP contribution is -2.46. The minimum absolute atomic E-state index is 0.566. The molecule has 0 spiro atoms. The van der Waals surface area contributed by atoms with E-state index in [1.54, 1.807) is 60.7 Å². The summed E-state index contributed by atoms with van der Waals surface area (Å²) < 4.78 is 45.1. The largest absolute Gasteiger partial charge is 0.467 e. The highest BCUT2D eigenvalue weighted by atomic mass is 19.4. The van der Waals surface area contributed by atoms with Gasteiger partial charge in [0, 0.05) is 5.92 Å². The SMILES string of the molecule is COC(=O)[C@@H](NC(=O)c1ccccc1C(F)(F)F)C(c1ccccc1)c1ccccc1. The number of halogens is 3. The van der Waals surface area contributed by atoms with Gasteiger partial charge < -0.3 is 10.1 Å². The van der Waals surface area contributed by atoms with Crippen LogP contribution in [0.2, 0.25) is 0 Å². The average Bonchev–Trinajstić information content (AvgIpc) is 2.79. The number of carbonyl (C=O) groups is 2. The maximum atomic E-state index is 13.4. The summed E-state index contributed by atoms with van der Waals surface area (Å²) in [6.45, 7) is 0. The fraction of sp³-hybridized carbons (Fsp3) is 0.167. The van der Waals surface area contributed by atoms with Gasteiger partial charge in [-0.05, 0) is 23.3 Å².